The highest BCUT2D eigenvalue weighted by Crippen LogP contribution is 2.13. The van der Waals surface area contributed by atoms with Crippen molar-refractivity contribution < 1.29 is 9.50 Å². The third kappa shape index (κ3) is 3.62. The van der Waals surface area contributed by atoms with Crippen molar-refractivity contribution in [3.8, 4) is 0 Å². The number of aliphatic hydroxyl groups is 1. The summed E-state index contributed by atoms with van der Waals surface area (Å²) in [7, 11) is 0. The van der Waals surface area contributed by atoms with Crippen LogP contribution in [-0.4, -0.2) is 27.7 Å². The second-order valence-electron chi connectivity index (χ2n) is 4.14. The standard InChI is InChI=1S/C13H15FN4O/c14-11-7-16-13(15)18-12(11)17-10(8-19)6-9-4-2-1-3-5-9/h1-5,7,10,19H,6,8H2,(H3,15,16,17,18). The van der Waals surface area contributed by atoms with Crippen molar-refractivity contribution >= 4 is 11.8 Å². The van der Waals surface area contributed by atoms with Gasteiger partial charge in [0.25, 0.3) is 0 Å². The maximum absolute atomic E-state index is 13.5. The van der Waals surface area contributed by atoms with E-state index in [2.05, 4.69) is 15.3 Å². The molecule has 5 nitrogen and oxygen atoms in total. The molecular weight excluding hydrogens is 247 g/mol. The first-order chi connectivity index (χ1) is 9.19. The van der Waals surface area contributed by atoms with Gasteiger partial charge in [-0.15, -0.1) is 0 Å². The third-order valence-electron chi connectivity index (χ3n) is 2.65. The molecule has 6 heteroatoms. The zero-order valence-electron chi connectivity index (χ0n) is 10.3. The minimum atomic E-state index is -0.597. The number of nitrogens with zero attached hydrogens (tertiary/aromatic N) is 2. The van der Waals surface area contributed by atoms with Gasteiger partial charge in [0.1, 0.15) is 0 Å². The van der Waals surface area contributed by atoms with E-state index >= 15 is 0 Å². The largest absolute Gasteiger partial charge is 0.394 e. The van der Waals surface area contributed by atoms with E-state index in [0.29, 0.717) is 6.42 Å². The highest BCUT2D eigenvalue weighted by molar-refractivity contribution is 5.40. The lowest BCUT2D eigenvalue weighted by Gasteiger charge is -2.17. The van der Waals surface area contributed by atoms with Crippen LogP contribution in [0.3, 0.4) is 0 Å². The molecule has 0 aliphatic heterocycles. The molecule has 0 amide bonds. The maximum Gasteiger partial charge on any atom is 0.222 e. The zero-order chi connectivity index (χ0) is 13.7. The quantitative estimate of drug-likeness (QED) is 0.754. The van der Waals surface area contributed by atoms with Crippen LogP contribution in [0.2, 0.25) is 0 Å². The third-order valence-corrected chi connectivity index (χ3v) is 2.65. The molecule has 2 aromatic rings. The lowest BCUT2D eigenvalue weighted by Crippen LogP contribution is -2.27. The summed E-state index contributed by atoms with van der Waals surface area (Å²) in [5.41, 5.74) is 6.44. The number of nitrogens with two attached hydrogens (primary N) is 1. The fourth-order valence-corrected chi connectivity index (χ4v) is 1.74. The number of nitrogen functional groups attached to an aromatic ring is 1. The van der Waals surface area contributed by atoms with Crippen molar-refractivity contribution in [1.82, 2.24) is 9.97 Å². The lowest BCUT2D eigenvalue weighted by atomic mass is 10.1. The molecule has 1 atom stereocenters. The fraction of sp³-hybridized carbons (Fsp3) is 0.231. The van der Waals surface area contributed by atoms with Gasteiger partial charge in [0.2, 0.25) is 5.95 Å². The molecule has 19 heavy (non-hydrogen) atoms. The fourth-order valence-electron chi connectivity index (χ4n) is 1.74. The highest BCUT2D eigenvalue weighted by Gasteiger charge is 2.12. The van der Waals surface area contributed by atoms with Gasteiger partial charge in [-0.25, -0.2) is 9.37 Å². The molecule has 0 spiro atoms. The summed E-state index contributed by atoms with van der Waals surface area (Å²) in [4.78, 5) is 7.32. The monoisotopic (exact) mass is 262 g/mol. The SMILES string of the molecule is Nc1ncc(F)c(NC(CO)Cc2ccccc2)n1. The molecule has 4 N–H and O–H groups in total. The highest BCUT2D eigenvalue weighted by atomic mass is 19.1. The van der Waals surface area contributed by atoms with E-state index in [9.17, 15) is 9.50 Å². The number of rotatable bonds is 5. The number of nitrogens with one attached hydrogen (secondary N) is 1. The van der Waals surface area contributed by atoms with Crippen LogP contribution in [0.4, 0.5) is 16.2 Å². The molecule has 1 heterocycles. The molecule has 0 fully saturated rings. The summed E-state index contributed by atoms with van der Waals surface area (Å²) in [6.07, 6.45) is 1.56. The molecule has 0 radical (unpaired) electrons. The second kappa shape index (κ2) is 6.10. The zero-order valence-corrected chi connectivity index (χ0v) is 10.3. The van der Waals surface area contributed by atoms with Gasteiger partial charge in [0.05, 0.1) is 18.8 Å². The van der Waals surface area contributed by atoms with Crippen LogP contribution >= 0.6 is 0 Å². The minimum Gasteiger partial charge on any atom is -0.394 e. The number of aliphatic hydroxyl groups excluding tert-OH is 1. The average Bonchev–Trinajstić information content (AvgIpc) is 2.43. The van der Waals surface area contributed by atoms with Crippen molar-refractivity contribution in [2.75, 3.05) is 17.7 Å². The van der Waals surface area contributed by atoms with Crippen molar-refractivity contribution in [2.24, 2.45) is 0 Å². The Hall–Kier alpha value is -2.21. The molecule has 1 aromatic carbocycles. The van der Waals surface area contributed by atoms with E-state index in [4.69, 9.17) is 5.73 Å². The second-order valence-corrected chi connectivity index (χ2v) is 4.14. The van der Waals surface area contributed by atoms with E-state index in [-0.39, 0.29) is 24.4 Å². The molecule has 2 rings (SSSR count). The summed E-state index contributed by atoms with van der Waals surface area (Å²) in [5.74, 6) is -0.608. The van der Waals surface area contributed by atoms with E-state index in [1.54, 1.807) is 0 Å². The van der Waals surface area contributed by atoms with Gasteiger partial charge in [0.15, 0.2) is 11.6 Å². The van der Waals surface area contributed by atoms with E-state index < -0.39 is 5.82 Å². The Kier molecular flexibility index (Phi) is 4.25. The van der Waals surface area contributed by atoms with Gasteiger partial charge in [-0.05, 0) is 12.0 Å². The topological polar surface area (TPSA) is 84.1 Å². The molecule has 0 saturated carbocycles. The number of aromatic nitrogens is 2. The van der Waals surface area contributed by atoms with Crippen molar-refractivity contribution in [2.45, 2.75) is 12.5 Å². The van der Waals surface area contributed by atoms with Crippen LogP contribution in [0.5, 0.6) is 0 Å². The molecule has 100 valence electrons. The Labute approximate surface area is 110 Å². The number of benzene rings is 1. The summed E-state index contributed by atoms with van der Waals surface area (Å²) in [6, 6.07) is 9.27. The van der Waals surface area contributed by atoms with Crippen LogP contribution in [0.25, 0.3) is 0 Å². The van der Waals surface area contributed by atoms with Crippen molar-refractivity contribution in [1.29, 1.82) is 0 Å². The number of hydrogen-bond acceptors (Lipinski definition) is 5. The van der Waals surface area contributed by atoms with Gasteiger partial charge in [-0.2, -0.15) is 4.98 Å². The van der Waals surface area contributed by atoms with Gasteiger partial charge >= 0.3 is 0 Å². The van der Waals surface area contributed by atoms with E-state index in [1.165, 1.54) is 0 Å². The van der Waals surface area contributed by atoms with E-state index in [1.807, 2.05) is 30.3 Å². The predicted molar refractivity (Wildman–Crippen MR) is 71.0 cm³/mol. The first-order valence-corrected chi connectivity index (χ1v) is 5.88. The summed E-state index contributed by atoms with van der Waals surface area (Å²) < 4.78 is 13.5. The number of anilines is 2. The van der Waals surface area contributed by atoms with Gasteiger partial charge < -0.3 is 16.2 Å². The van der Waals surface area contributed by atoms with Gasteiger partial charge in [0, 0.05) is 0 Å². The molecule has 0 saturated heterocycles. The minimum absolute atomic E-state index is 0.00230. The lowest BCUT2D eigenvalue weighted by molar-refractivity contribution is 0.273. The first-order valence-electron chi connectivity index (χ1n) is 5.88. The molecule has 1 aromatic heterocycles. The molecule has 0 aliphatic rings. The number of hydrogen-bond donors (Lipinski definition) is 3. The Morgan fingerprint density at radius 3 is 2.74 bits per heavy atom. The Bertz CT molecular complexity index is 535. The number of halogens is 1. The Balaban J connectivity index is 2.09. The predicted octanol–water partition coefficient (Wildman–Crippen LogP) is 1.21. The van der Waals surface area contributed by atoms with Crippen molar-refractivity contribution in [3.05, 3.63) is 47.9 Å². The normalized spacial score (nSPS) is 12.1. The summed E-state index contributed by atoms with van der Waals surface area (Å²) >= 11 is 0. The summed E-state index contributed by atoms with van der Waals surface area (Å²) in [5, 5.41) is 12.2. The molecule has 1 unspecified atom stereocenters. The van der Waals surface area contributed by atoms with Crippen molar-refractivity contribution in [3.63, 3.8) is 0 Å². The Morgan fingerprint density at radius 1 is 1.32 bits per heavy atom. The summed E-state index contributed by atoms with van der Waals surface area (Å²) in [6.45, 7) is -0.141. The maximum atomic E-state index is 13.5. The molecular formula is C13H15FN4O. The van der Waals surface area contributed by atoms with Gasteiger partial charge in [-0.3, -0.25) is 0 Å². The van der Waals surface area contributed by atoms with Gasteiger partial charge in [-0.1, -0.05) is 30.3 Å². The average molecular weight is 262 g/mol. The molecule has 0 aliphatic carbocycles. The smallest absolute Gasteiger partial charge is 0.222 e. The first kappa shape index (κ1) is 13.2. The van der Waals surface area contributed by atoms with Crippen LogP contribution in [0.15, 0.2) is 36.5 Å². The van der Waals surface area contributed by atoms with Crippen LogP contribution in [-0.2, 0) is 6.42 Å². The van der Waals surface area contributed by atoms with E-state index in [0.717, 1.165) is 11.8 Å². The van der Waals surface area contributed by atoms with Crippen LogP contribution in [0, 0.1) is 5.82 Å². The van der Waals surface area contributed by atoms with Crippen LogP contribution in [0.1, 0.15) is 5.56 Å². The van der Waals surface area contributed by atoms with Crippen LogP contribution < -0.4 is 11.1 Å². The Morgan fingerprint density at radius 2 is 2.05 bits per heavy atom. The molecule has 0 bridgehead atoms.